The normalized spacial score (nSPS) is 11.9. The van der Waals surface area contributed by atoms with Crippen molar-refractivity contribution in [1.82, 2.24) is 15.0 Å². The molecule has 1 aromatic heterocycles. The molecule has 0 saturated heterocycles. The Bertz CT molecular complexity index is 3000. The van der Waals surface area contributed by atoms with E-state index >= 15 is 0 Å². The molecule has 0 amide bonds. The van der Waals surface area contributed by atoms with Gasteiger partial charge in [0.2, 0.25) is 0 Å². The van der Waals surface area contributed by atoms with Crippen LogP contribution in [0.15, 0.2) is 188 Å². The second kappa shape index (κ2) is 12.7. The minimum absolute atomic E-state index is 0.648. The molecule has 9 aromatic carbocycles. The van der Waals surface area contributed by atoms with Gasteiger partial charge < -0.3 is 0 Å². The van der Waals surface area contributed by atoms with Gasteiger partial charge in [0.15, 0.2) is 17.5 Å². The van der Waals surface area contributed by atoms with Gasteiger partial charge in [-0.25, -0.2) is 15.0 Å². The summed E-state index contributed by atoms with van der Waals surface area (Å²) in [5, 5.41) is 7.16. The lowest BCUT2D eigenvalue weighted by molar-refractivity contribution is 1.08. The Balaban J connectivity index is 1.06. The molecule has 0 unspecified atom stereocenters. The number of fused-ring (bicyclic) bond motifs is 7. The van der Waals surface area contributed by atoms with Crippen LogP contribution in [0.2, 0.25) is 0 Å². The van der Waals surface area contributed by atoms with E-state index in [1.807, 2.05) is 0 Å². The molecule has 1 aliphatic carbocycles. The zero-order valence-electron chi connectivity index (χ0n) is 29.9. The van der Waals surface area contributed by atoms with Gasteiger partial charge in [-0.2, -0.15) is 0 Å². The van der Waals surface area contributed by atoms with Gasteiger partial charge in [-0.1, -0.05) is 182 Å². The van der Waals surface area contributed by atoms with Gasteiger partial charge in [0.05, 0.1) is 0 Å². The molecule has 0 N–H and O–H groups in total. The topological polar surface area (TPSA) is 38.7 Å². The highest BCUT2D eigenvalue weighted by molar-refractivity contribution is 6.06. The third kappa shape index (κ3) is 5.24. The molecule has 10 aromatic rings. The second-order valence-electron chi connectivity index (χ2n) is 14.3. The number of aromatic nitrogens is 3. The minimum Gasteiger partial charge on any atom is -0.208 e. The lowest BCUT2D eigenvalue weighted by Gasteiger charge is -2.15. The first-order chi connectivity index (χ1) is 27.3. The fourth-order valence-electron chi connectivity index (χ4n) is 8.59. The van der Waals surface area contributed by atoms with Crippen molar-refractivity contribution >= 4 is 32.3 Å². The summed E-state index contributed by atoms with van der Waals surface area (Å²) < 4.78 is 0. The van der Waals surface area contributed by atoms with E-state index in [1.54, 1.807) is 0 Å². The van der Waals surface area contributed by atoms with Gasteiger partial charge in [-0.15, -0.1) is 0 Å². The van der Waals surface area contributed by atoms with Gasteiger partial charge >= 0.3 is 0 Å². The average Bonchev–Trinajstić information content (AvgIpc) is 3.65. The maximum Gasteiger partial charge on any atom is 0.164 e. The first kappa shape index (κ1) is 31.3. The predicted octanol–water partition coefficient (Wildman–Crippen LogP) is 13.2. The summed E-state index contributed by atoms with van der Waals surface area (Å²) in [5.74, 6) is 1.97. The van der Waals surface area contributed by atoms with Crippen molar-refractivity contribution in [1.29, 1.82) is 0 Å². The summed E-state index contributed by atoms with van der Waals surface area (Å²) >= 11 is 0. The molecule has 1 aliphatic rings. The zero-order chi connectivity index (χ0) is 36.3. The molecule has 11 rings (SSSR count). The summed E-state index contributed by atoms with van der Waals surface area (Å²) in [6.45, 7) is 0. The summed E-state index contributed by atoms with van der Waals surface area (Å²) in [4.78, 5) is 15.5. The van der Waals surface area contributed by atoms with E-state index in [2.05, 4.69) is 188 Å². The summed E-state index contributed by atoms with van der Waals surface area (Å²) in [6.07, 6.45) is 0.922. The fraction of sp³-hybridized carbons (Fsp3) is 0.0192. The molecule has 3 heteroatoms. The Hall–Kier alpha value is -7.23. The summed E-state index contributed by atoms with van der Waals surface area (Å²) in [7, 11) is 0. The number of benzene rings is 9. The predicted molar refractivity (Wildman–Crippen MR) is 228 cm³/mol. The smallest absolute Gasteiger partial charge is 0.164 e. The van der Waals surface area contributed by atoms with E-state index in [1.165, 1.54) is 55.3 Å². The fourth-order valence-corrected chi connectivity index (χ4v) is 8.59. The van der Waals surface area contributed by atoms with E-state index in [0.717, 1.165) is 44.7 Å². The molecule has 0 fully saturated rings. The largest absolute Gasteiger partial charge is 0.208 e. The summed E-state index contributed by atoms with van der Waals surface area (Å²) in [6, 6.07) is 67.1. The van der Waals surface area contributed by atoms with Gasteiger partial charge in [-0.05, 0) is 89.3 Å². The third-order valence-electron chi connectivity index (χ3n) is 11.2. The van der Waals surface area contributed by atoms with Crippen LogP contribution >= 0.6 is 0 Å². The highest BCUT2D eigenvalue weighted by atomic mass is 15.0. The second-order valence-corrected chi connectivity index (χ2v) is 14.3. The number of hydrogen-bond acceptors (Lipinski definition) is 3. The lowest BCUT2D eigenvalue weighted by Crippen LogP contribution is -2.01. The van der Waals surface area contributed by atoms with Gasteiger partial charge in [0.25, 0.3) is 0 Å². The minimum atomic E-state index is 0.648. The van der Waals surface area contributed by atoms with Crippen LogP contribution in [0.5, 0.6) is 0 Å². The van der Waals surface area contributed by atoms with E-state index in [4.69, 9.17) is 15.0 Å². The first-order valence-electron chi connectivity index (χ1n) is 18.8. The van der Waals surface area contributed by atoms with Crippen molar-refractivity contribution in [3.05, 3.63) is 199 Å². The van der Waals surface area contributed by atoms with Crippen LogP contribution in [0.1, 0.15) is 11.1 Å². The first-order valence-corrected chi connectivity index (χ1v) is 18.8. The highest BCUT2D eigenvalue weighted by Crippen LogP contribution is 2.48. The highest BCUT2D eigenvalue weighted by Gasteiger charge is 2.26. The molecule has 0 atom stereocenters. The van der Waals surface area contributed by atoms with Crippen molar-refractivity contribution in [3.8, 4) is 67.5 Å². The van der Waals surface area contributed by atoms with Crippen molar-refractivity contribution < 1.29 is 0 Å². The van der Waals surface area contributed by atoms with Crippen LogP contribution in [0.3, 0.4) is 0 Å². The van der Waals surface area contributed by atoms with Crippen LogP contribution < -0.4 is 0 Å². The molecule has 3 nitrogen and oxygen atoms in total. The Morgan fingerprint density at radius 1 is 0.309 bits per heavy atom. The molecule has 256 valence electrons. The summed E-state index contributed by atoms with van der Waals surface area (Å²) in [5.41, 5.74) is 13.2. The van der Waals surface area contributed by atoms with Crippen LogP contribution in [0.25, 0.3) is 99.9 Å². The number of rotatable bonds is 5. The Kier molecular flexibility index (Phi) is 7.24. The Morgan fingerprint density at radius 3 is 1.47 bits per heavy atom. The Morgan fingerprint density at radius 2 is 0.800 bits per heavy atom. The molecule has 1 heterocycles. The van der Waals surface area contributed by atoms with Gasteiger partial charge in [0.1, 0.15) is 0 Å². The maximum absolute atomic E-state index is 5.16. The third-order valence-corrected chi connectivity index (χ3v) is 11.2. The standard InChI is InChI=1S/C52H33N3/c1-2-13-35(14-3-1)46-32-48-47(43-23-9-8-22-42(43)46)31-38-19-12-24-41(49(38)48)36-27-29-37(30-28-36)50-53-51(44-25-10-17-33-15-4-6-20-39(33)44)55-52(54-50)45-26-11-18-34-16-5-7-21-40(34)45/h1-30,32H,31H2. The average molecular weight is 700 g/mol. The van der Waals surface area contributed by atoms with Gasteiger partial charge in [-0.3, -0.25) is 0 Å². The van der Waals surface area contributed by atoms with E-state index in [9.17, 15) is 0 Å². The molecule has 55 heavy (non-hydrogen) atoms. The van der Waals surface area contributed by atoms with Crippen molar-refractivity contribution in [2.75, 3.05) is 0 Å². The molecule has 0 bridgehead atoms. The zero-order valence-corrected chi connectivity index (χ0v) is 29.9. The molecular formula is C52H33N3. The maximum atomic E-state index is 5.16. The molecular weight excluding hydrogens is 667 g/mol. The van der Waals surface area contributed by atoms with E-state index < -0.39 is 0 Å². The van der Waals surface area contributed by atoms with Crippen LogP contribution in [-0.2, 0) is 6.42 Å². The van der Waals surface area contributed by atoms with Crippen LogP contribution in [-0.4, -0.2) is 15.0 Å². The van der Waals surface area contributed by atoms with Crippen LogP contribution in [0.4, 0.5) is 0 Å². The molecule has 0 aliphatic heterocycles. The van der Waals surface area contributed by atoms with Crippen molar-refractivity contribution in [2.24, 2.45) is 0 Å². The monoisotopic (exact) mass is 699 g/mol. The van der Waals surface area contributed by atoms with Crippen LogP contribution in [0, 0.1) is 0 Å². The SMILES string of the molecule is c1ccc(-c2cc3c(c4ccccc24)Cc2cccc(-c4ccc(-c5nc(-c6cccc7ccccc67)nc(-c6cccc7ccccc67)n5)cc4)c2-3)cc1. The molecule has 0 saturated carbocycles. The quantitative estimate of drug-likeness (QED) is 0.179. The molecule has 0 radical (unpaired) electrons. The molecule has 0 spiro atoms. The van der Waals surface area contributed by atoms with E-state index in [-0.39, 0.29) is 0 Å². The number of nitrogens with zero attached hydrogens (tertiary/aromatic N) is 3. The van der Waals surface area contributed by atoms with Gasteiger partial charge in [0, 0.05) is 16.7 Å². The lowest BCUT2D eigenvalue weighted by atomic mass is 9.89. The van der Waals surface area contributed by atoms with Crippen molar-refractivity contribution in [3.63, 3.8) is 0 Å². The van der Waals surface area contributed by atoms with Crippen molar-refractivity contribution in [2.45, 2.75) is 6.42 Å². The Labute approximate surface area is 319 Å². The van der Waals surface area contributed by atoms with E-state index in [0.29, 0.717) is 17.5 Å². The number of hydrogen-bond donors (Lipinski definition) is 0.